The van der Waals surface area contributed by atoms with Crippen LogP contribution >= 0.6 is 0 Å². The summed E-state index contributed by atoms with van der Waals surface area (Å²) in [4.78, 5) is 0. The van der Waals surface area contributed by atoms with Crippen molar-refractivity contribution >= 4 is 0 Å². The minimum Gasteiger partial charge on any atom is -0.488 e. The van der Waals surface area contributed by atoms with E-state index in [0.29, 0.717) is 12.6 Å². The Morgan fingerprint density at radius 3 is 2.79 bits per heavy atom. The van der Waals surface area contributed by atoms with Crippen molar-refractivity contribution < 1.29 is 14.2 Å². The second kappa shape index (κ2) is 8.88. The predicted octanol–water partition coefficient (Wildman–Crippen LogP) is 2.73. The Bertz CT molecular complexity index is 360. The molecule has 19 heavy (non-hydrogen) atoms. The van der Waals surface area contributed by atoms with Crippen LogP contribution in [0.3, 0.4) is 0 Å². The third-order valence-electron chi connectivity index (χ3n) is 2.96. The van der Waals surface area contributed by atoms with Crippen molar-refractivity contribution in [3.05, 3.63) is 30.1 Å². The summed E-state index contributed by atoms with van der Waals surface area (Å²) in [6, 6.07) is 6.58. The molecule has 0 saturated carbocycles. The summed E-state index contributed by atoms with van der Waals surface area (Å²) in [5.74, 6) is -0.223. The molecule has 2 N–H and O–H groups in total. The fourth-order valence-corrected chi connectivity index (χ4v) is 1.76. The van der Waals surface area contributed by atoms with Crippen LogP contribution in [0, 0.1) is 5.82 Å². The van der Waals surface area contributed by atoms with Gasteiger partial charge >= 0.3 is 0 Å². The van der Waals surface area contributed by atoms with E-state index in [4.69, 9.17) is 4.74 Å². The van der Waals surface area contributed by atoms with Crippen molar-refractivity contribution in [3.63, 3.8) is 0 Å². The molecule has 0 fully saturated rings. The molecule has 0 aliphatic heterocycles. The standard InChI is InChI=1S/C15H24FNO2/c1-3-4-7-12(2)17-10-13(18)11-19-15-9-6-5-8-14(15)16/h5-6,8-9,12-13,17-18H,3-4,7,10-11H2,1-2H3. The number of aliphatic hydroxyl groups excluding tert-OH is 1. The van der Waals surface area contributed by atoms with Gasteiger partial charge in [-0.05, 0) is 25.5 Å². The van der Waals surface area contributed by atoms with Crippen molar-refractivity contribution in [2.45, 2.75) is 45.3 Å². The lowest BCUT2D eigenvalue weighted by molar-refractivity contribution is 0.101. The quantitative estimate of drug-likeness (QED) is 0.724. The Kier molecular flexibility index (Phi) is 7.45. The van der Waals surface area contributed by atoms with E-state index >= 15 is 0 Å². The third-order valence-corrected chi connectivity index (χ3v) is 2.96. The van der Waals surface area contributed by atoms with Crippen LogP contribution in [0.2, 0.25) is 0 Å². The zero-order valence-electron chi connectivity index (χ0n) is 11.7. The van der Waals surface area contributed by atoms with Crippen LogP contribution in [0.5, 0.6) is 5.75 Å². The summed E-state index contributed by atoms with van der Waals surface area (Å²) in [6.45, 7) is 4.80. The molecule has 0 radical (unpaired) electrons. The first-order chi connectivity index (χ1) is 9.13. The molecule has 0 aliphatic rings. The normalized spacial score (nSPS) is 14.1. The lowest BCUT2D eigenvalue weighted by Gasteiger charge is -2.17. The van der Waals surface area contributed by atoms with Gasteiger partial charge in [0, 0.05) is 12.6 Å². The maximum Gasteiger partial charge on any atom is 0.165 e. The van der Waals surface area contributed by atoms with E-state index in [9.17, 15) is 9.50 Å². The summed E-state index contributed by atoms with van der Waals surface area (Å²) in [5.41, 5.74) is 0. The largest absolute Gasteiger partial charge is 0.488 e. The van der Waals surface area contributed by atoms with Gasteiger partial charge in [-0.3, -0.25) is 0 Å². The summed E-state index contributed by atoms with van der Waals surface area (Å²) >= 11 is 0. The van der Waals surface area contributed by atoms with Gasteiger partial charge < -0.3 is 15.2 Å². The average molecular weight is 269 g/mol. The topological polar surface area (TPSA) is 41.5 Å². The maximum absolute atomic E-state index is 13.3. The molecule has 0 heterocycles. The molecule has 0 aromatic heterocycles. The summed E-state index contributed by atoms with van der Waals surface area (Å²) in [5, 5.41) is 13.0. The van der Waals surface area contributed by atoms with Crippen LogP contribution in [-0.2, 0) is 0 Å². The summed E-state index contributed by atoms with van der Waals surface area (Å²) < 4.78 is 18.5. The molecule has 0 aliphatic carbocycles. The Morgan fingerprint density at radius 2 is 2.11 bits per heavy atom. The summed E-state index contributed by atoms with van der Waals surface area (Å²) in [7, 11) is 0. The minimum absolute atomic E-state index is 0.0917. The molecule has 0 spiro atoms. The molecule has 1 aromatic rings. The summed E-state index contributed by atoms with van der Waals surface area (Å²) in [6.07, 6.45) is 2.81. The van der Waals surface area contributed by atoms with Gasteiger partial charge in [-0.25, -0.2) is 4.39 Å². The molecule has 108 valence electrons. The number of rotatable bonds is 9. The Hall–Kier alpha value is -1.13. The molecule has 0 saturated heterocycles. The zero-order chi connectivity index (χ0) is 14.1. The van der Waals surface area contributed by atoms with Crippen molar-refractivity contribution in [2.75, 3.05) is 13.2 Å². The second-order valence-corrected chi connectivity index (χ2v) is 4.85. The van der Waals surface area contributed by atoms with Gasteiger partial charge in [-0.15, -0.1) is 0 Å². The molecular formula is C15H24FNO2. The Balaban J connectivity index is 2.21. The first kappa shape index (κ1) is 15.9. The molecule has 2 unspecified atom stereocenters. The monoisotopic (exact) mass is 269 g/mol. The number of nitrogens with one attached hydrogen (secondary N) is 1. The van der Waals surface area contributed by atoms with Crippen LogP contribution in [0.25, 0.3) is 0 Å². The van der Waals surface area contributed by atoms with Crippen LogP contribution in [0.1, 0.15) is 33.1 Å². The maximum atomic E-state index is 13.3. The van der Waals surface area contributed by atoms with Gasteiger partial charge in [-0.2, -0.15) is 0 Å². The van der Waals surface area contributed by atoms with Gasteiger partial charge in [0.15, 0.2) is 11.6 Å². The van der Waals surface area contributed by atoms with Crippen molar-refractivity contribution in [2.24, 2.45) is 0 Å². The fraction of sp³-hybridized carbons (Fsp3) is 0.600. The molecule has 2 atom stereocenters. The van der Waals surface area contributed by atoms with Gasteiger partial charge in [0.2, 0.25) is 0 Å². The van der Waals surface area contributed by atoms with E-state index in [1.165, 1.54) is 18.9 Å². The highest BCUT2D eigenvalue weighted by Gasteiger charge is 2.09. The van der Waals surface area contributed by atoms with Crippen LogP contribution < -0.4 is 10.1 Å². The molecular weight excluding hydrogens is 245 g/mol. The van der Waals surface area contributed by atoms with Gasteiger partial charge in [0.05, 0.1) is 0 Å². The van der Waals surface area contributed by atoms with Crippen LogP contribution in [-0.4, -0.2) is 30.4 Å². The molecule has 1 aromatic carbocycles. The van der Waals surface area contributed by atoms with Crippen molar-refractivity contribution in [1.82, 2.24) is 5.32 Å². The lowest BCUT2D eigenvalue weighted by atomic mass is 10.1. The van der Waals surface area contributed by atoms with Gasteiger partial charge in [0.25, 0.3) is 0 Å². The van der Waals surface area contributed by atoms with E-state index in [1.54, 1.807) is 18.2 Å². The highest BCUT2D eigenvalue weighted by Crippen LogP contribution is 2.15. The number of aliphatic hydroxyl groups is 1. The first-order valence-corrected chi connectivity index (χ1v) is 6.92. The lowest BCUT2D eigenvalue weighted by Crippen LogP contribution is -2.36. The van der Waals surface area contributed by atoms with Gasteiger partial charge in [-0.1, -0.05) is 31.9 Å². The SMILES string of the molecule is CCCCC(C)NCC(O)COc1ccccc1F. The van der Waals surface area contributed by atoms with Crippen molar-refractivity contribution in [3.8, 4) is 5.75 Å². The average Bonchev–Trinajstić information content (AvgIpc) is 2.42. The second-order valence-electron chi connectivity index (χ2n) is 4.85. The van der Waals surface area contributed by atoms with Crippen LogP contribution in [0.4, 0.5) is 4.39 Å². The predicted molar refractivity (Wildman–Crippen MR) is 74.9 cm³/mol. The highest BCUT2D eigenvalue weighted by molar-refractivity contribution is 5.23. The highest BCUT2D eigenvalue weighted by atomic mass is 19.1. The minimum atomic E-state index is -0.635. The number of unbranched alkanes of at least 4 members (excludes halogenated alkanes) is 1. The molecule has 1 rings (SSSR count). The number of hydrogen-bond acceptors (Lipinski definition) is 3. The van der Waals surface area contributed by atoms with E-state index in [0.717, 1.165) is 6.42 Å². The number of hydrogen-bond donors (Lipinski definition) is 2. The number of ether oxygens (including phenoxy) is 1. The number of halogens is 1. The van der Waals surface area contributed by atoms with E-state index < -0.39 is 11.9 Å². The van der Waals surface area contributed by atoms with Crippen LogP contribution in [0.15, 0.2) is 24.3 Å². The van der Waals surface area contributed by atoms with E-state index in [2.05, 4.69) is 19.2 Å². The Labute approximate surface area is 114 Å². The van der Waals surface area contributed by atoms with Crippen molar-refractivity contribution in [1.29, 1.82) is 0 Å². The molecule has 3 nitrogen and oxygen atoms in total. The molecule has 4 heteroatoms. The smallest absolute Gasteiger partial charge is 0.165 e. The third kappa shape index (κ3) is 6.55. The van der Waals surface area contributed by atoms with E-state index in [1.807, 2.05) is 0 Å². The number of para-hydroxylation sites is 1. The fourth-order valence-electron chi connectivity index (χ4n) is 1.76. The Morgan fingerprint density at radius 1 is 1.37 bits per heavy atom. The van der Waals surface area contributed by atoms with Gasteiger partial charge in [0.1, 0.15) is 12.7 Å². The number of benzene rings is 1. The van der Waals surface area contributed by atoms with E-state index in [-0.39, 0.29) is 12.4 Å². The first-order valence-electron chi connectivity index (χ1n) is 6.92. The molecule has 0 bridgehead atoms. The molecule has 0 amide bonds. The zero-order valence-corrected chi connectivity index (χ0v) is 11.7.